The Balaban J connectivity index is 0.00000144. The number of aromatic nitrogens is 1. The zero-order valence-corrected chi connectivity index (χ0v) is 7.80. The molecule has 13 heavy (non-hydrogen) atoms. The largest absolute Gasteiger partial charge is 0.395 e. The van der Waals surface area contributed by atoms with Gasteiger partial charge in [0.2, 0.25) is 0 Å². The van der Waals surface area contributed by atoms with Crippen molar-refractivity contribution >= 4 is 12.4 Å². The van der Waals surface area contributed by atoms with Crippen LogP contribution in [0.2, 0.25) is 0 Å². The summed E-state index contributed by atoms with van der Waals surface area (Å²) in [4.78, 5) is 3.80. The number of halogens is 2. The van der Waals surface area contributed by atoms with Gasteiger partial charge in [0, 0.05) is 18.7 Å². The second kappa shape index (κ2) is 5.85. The number of nitrogens with two attached hydrogens (primary N) is 1. The number of pyridine rings is 1. The minimum atomic E-state index is -0.436. The SMILES string of the molecule is Cl.N[C@@H](CO)Cc1ncccc1F. The highest BCUT2D eigenvalue weighted by molar-refractivity contribution is 5.85. The molecule has 3 N–H and O–H groups in total. The van der Waals surface area contributed by atoms with E-state index in [1.807, 2.05) is 0 Å². The van der Waals surface area contributed by atoms with E-state index in [1.54, 1.807) is 0 Å². The van der Waals surface area contributed by atoms with E-state index in [0.29, 0.717) is 5.69 Å². The van der Waals surface area contributed by atoms with Gasteiger partial charge in [0.25, 0.3) is 0 Å². The first kappa shape index (κ1) is 12.3. The summed E-state index contributed by atoms with van der Waals surface area (Å²) in [5.41, 5.74) is 5.72. The Kier molecular flexibility index (Phi) is 5.53. The summed E-state index contributed by atoms with van der Waals surface area (Å²) in [6.45, 7) is -0.157. The van der Waals surface area contributed by atoms with E-state index in [-0.39, 0.29) is 31.3 Å². The number of hydrogen-bond donors (Lipinski definition) is 2. The summed E-state index contributed by atoms with van der Waals surface area (Å²) in [6.07, 6.45) is 1.77. The number of aliphatic hydroxyl groups is 1. The molecule has 0 aliphatic rings. The van der Waals surface area contributed by atoms with Gasteiger partial charge in [0.15, 0.2) is 0 Å². The van der Waals surface area contributed by atoms with Crippen molar-refractivity contribution in [1.82, 2.24) is 4.98 Å². The van der Waals surface area contributed by atoms with Crippen molar-refractivity contribution in [2.45, 2.75) is 12.5 Å². The molecule has 1 rings (SSSR count). The molecular formula is C8H12ClFN2O. The standard InChI is InChI=1S/C8H11FN2O.ClH/c9-7-2-1-3-11-8(7)4-6(10)5-12;/h1-3,6,12H,4-5,10H2;1H/t6-;/m1./s1. The van der Waals surface area contributed by atoms with Crippen molar-refractivity contribution in [1.29, 1.82) is 0 Å². The smallest absolute Gasteiger partial charge is 0.144 e. The molecule has 0 radical (unpaired) electrons. The lowest BCUT2D eigenvalue weighted by molar-refractivity contribution is 0.264. The third kappa shape index (κ3) is 3.67. The van der Waals surface area contributed by atoms with Crippen molar-refractivity contribution in [3.05, 3.63) is 29.8 Å². The molecule has 1 aromatic rings. The van der Waals surface area contributed by atoms with Gasteiger partial charge in [-0.3, -0.25) is 4.98 Å². The summed E-state index contributed by atoms with van der Waals surface area (Å²) in [7, 11) is 0. The normalized spacial score (nSPS) is 11.9. The van der Waals surface area contributed by atoms with Gasteiger partial charge < -0.3 is 10.8 Å². The second-order valence-electron chi connectivity index (χ2n) is 2.58. The molecule has 0 aliphatic carbocycles. The molecular weight excluding hydrogens is 195 g/mol. The van der Waals surface area contributed by atoms with Crippen LogP contribution in [0.15, 0.2) is 18.3 Å². The van der Waals surface area contributed by atoms with Gasteiger partial charge in [-0.15, -0.1) is 12.4 Å². The van der Waals surface area contributed by atoms with Crippen molar-refractivity contribution in [3.63, 3.8) is 0 Å². The number of rotatable bonds is 3. The maximum Gasteiger partial charge on any atom is 0.144 e. The summed E-state index contributed by atoms with van der Waals surface area (Å²) < 4.78 is 12.9. The lowest BCUT2D eigenvalue weighted by Crippen LogP contribution is -2.27. The van der Waals surface area contributed by atoms with Crippen LogP contribution in [0.1, 0.15) is 5.69 Å². The molecule has 0 aliphatic heterocycles. The molecule has 0 saturated heterocycles. The molecule has 0 saturated carbocycles. The first-order valence-electron chi connectivity index (χ1n) is 3.70. The maximum absolute atomic E-state index is 12.9. The molecule has 1 heterocycles. The van der Waals surface area contributed by atoms with E-state index in [9.17, 15) is 4.39 Å². The highest BCUT2D eigenvalue weighted by Gasteiger charge is 2.07. The van der Waals surface area contributed by atoms with Gasteiger partial charge in [0.1, 0.15) is 5.82 Å². The van der Waals surface area contributed by atoms with Gasteiger partial charge in [-0.25, -0.2) is 4.39 Å². The molecule has 0 aromatic carbocycles. The third-order valence-electron chi connectivity index (χ3n) is 1.52. The quantitative estimate of drug-likeness (QED) is 0.758. The first-order valence-corrected chi connectivity index (χ1v) is 3.70. The van der Waals surface area contributed by atoms with Gasteiger partial charge in [0.05, 0.1) is 12.3 Å². The van der Waals surface area contributed by atoms with E-state index in [4.69, 9.17) is 10.8 Å². The Morgan fingerprint density at radius 3 is 2.85 bits per heavy atom. The monoisotopic (exact) mass is 206 g/mol. The van der Waals surface area contributed by atoms with Crippen molar-refractivity contribution < 1.29 is 9.50 Å². The molecule has 0 bridgehead atoms. The molecule has 0 amide bonds. The molecule has 0 spiro atoms. The van der Waals surface area contributed by atoms with Gasteiger partial charge in [-0.1, -0.05) is 0 Å². The number of hydrogen-bond acceptors (Lipinski definition) is 3. The summed E-state index contributed by atoms with van der Waals surface area (Å²) in [5.74, 6) is -0.374. The van der Waals surface area contributed by atoms with Crippen LogP contribution in [0.4, 0.5) is 4.39 Å². The average Bonchev–Trinajstić information content (AvgIpc) is 2.09. The molecule has 0 fully saturated rings. The van der Waals surface area contributed by atoms with Crippen LogP contribution in [0, 0.1) is 5.82 Å². The van der Waals surface area contributed by atoms with E-state index in [1.165, 1.54) is 18.3 Å². The summed E-state index contributed by atoms with van der Waals surface area (Å²) >= 11 is 0. The Morgan fingerprint density at radius 2 is 2.31 bits per heavy atom. The van der Waals surface area contributed by atoms with E-state index >= 15 is 0 Å². The number of nitrogens with zero attached hydrogens (tertiary/aromatic N) is 1. The van der Waals surface area contributed by atoms with Crippen LogP contribution >= 0.6 is 12.4 Å². The van der Waals surface area contributed by atoms with E-state index < -0.39 is 6.04 Å². The Labute approximate surface area is 82.2 Å². The summed E-state index contributed by atoms with van der Waals surface area (Å²) in [6, 6.07) is 2.41. The average molecular weight is 207 g/mol. The molecule has 5 heteroatoms. The second-order valence-corrected chi connectivity index (χ2v) is 2.58. The fourth-order valence-electron chi connectivity index (χ4n) is 0.881. The van der Waals surface area contributed by atoms with E-state index in [0.717, 1.165) is 0 Å². The Hall–Kier alpha value is -0.710. The van der Waals surface area contributed by atoms with Crippen LogP contribution in [-0.2, 0) is 6.42 Å². The zero-order chi connectivity index (χ0) is 8.97. The molecule has 3 nitrogen and oxygen atoms in total. The first-order chi connectivity index (χ1) is 5.74. The topological polar surface area (TPSA) is 59.1 Å². The Bertz CT molecular complexity index is 260. The van der Waals surface area contributed by atoms with Crippen molar-refractivity contribution in [2.24, 2.45) is 5.73 Å². The predicted molar refractivity (Wildman–Crippen MR) is 50.2 cm³/mol. The minimum Gasteiger partial charge on any atom is -0.395 e. The lowest BCUT2D eigenvalue weighted by atomic mass is 10.1. The van der Waals surface area contributed by atoms with Crippen molar-refractivity contribution in [3.8, 4) is 0 Å². The van der Waals surface area contributed by atoms with Gasteiger partial charge >= 0.3 is 0 Å². The number of aliphatic hydroxyl groups excluding tert-OH is 1. The van der Waals surface area contributed by atoms with Gasteiger partial charge in [-0.05, 0) is 12.1 Å². The molecule has 0 unspecified atom stereocenters. The highest BCUT2D eigenvalue weighted by atomic mass is 35.5. The van der Waals surface area contributed by atoms with Crippen LogP contribution in [0.5, 0.6) is 0 Å². The van der Waals surface area contributed by atoms with Gasteiger partial charge in [-0.2, -0.15) is 0 Å². The van der Waals surface area contributed by atoms with Crippen LogP contribution < -0.4 is 5.73 Å². The molecule has 1 atom stereocenters. The lowest BCUT2D eigenvalue weighted by Gasteiger charge is -2.06. The van der Waals surface area contributed by atoms with E-state index in [2.05, 4.69) is 4.98 Å². The summed E-state index contributed by atoms with van der Waals surface area (Å²) in [5, 5.41) is 8.61. The zero-order valence-electron chi connectivity index (χ0n) is 6.98. The molecule has 74 valence electrons. The molecule has 1 aromatic heterocycles. The minimum absolute atomic E-state index is 0. The van der Waals surface area contributed by atoms with Crippen LogP contribution in [0.3, 0.4) is 0 Å². The van der Waals surface area contributed by atoms with Crippen LogP contribution in [-0.4, -0.2) is 22.7 Å². The Morgan fingerprint density at radius 1 is 1.62 bits per heavy atom. The predicted octanol–water partition coefficient (Wildman–Crippen LogP) is 0.505. The highest BCUT2D eigenvalue weighted by Crippen LogP contribution is 2.04. The maximum atomic E-state index is 12.9. The third-order valence-corrected chi connectivity index (χ3v) is 1.52. The fraction of sp³-hybridized carbons (Fsp3) is 0.375. The van der Waals surface area contributed by atoms with Crippen molar-refractivity contribution in [2.75, 3.05) is 6.61 Å². The van der Waals surface area contributed by atoms with Crippen LogP contribution in [0.25, 0.3) is 0 Å². The fourth-order valence-corrected chi connectivity index (χ4v) is 0.881.